The van der Waals surface area contributed by atoms with Crippen molar-refractivity contribution >= 4 is 5.82 Å². The predicted molar refractivity (Wildman–Crippen MR) is 118 cm³/mol. The summed E-state index contributed by atoms with van der Waals surface area (Å²) in [7, 11) is 0. The molecule has 5 rings (SSSR count). The molecule has 7 heteroatoms. The van der Waals surface area contributed by atoms with Crippen LogP contribution in [0.2, 0.25) is 0 Å². The van der Waals surface area contributed by atoms with Crippen LogP contribution in [0.15, 0.2) is 47.5 Å². The number of piperidine rings is 1. The monoisotopic (exact) mass is 412 g/mol. The molecular formula is C24H24N6O. The molecule has 0 N–H and O–H groups in total. The Labute approximate surface area is 181 Å². The highest BCUT2D eigenvalue weighted by atomic mass is 16.1. The van der Waals surface area contributed by atoms with E-state index in [2.05, 4.69) is 21.1 Å². The van der Waals surface area contributed by atoms with E-state index < -0.39 is 0 Å². The molecule has 1 fully saturated rings. The second-order valence-electron chi connectivity index (χ2n) is 8.34. The van der Waals surface area contributed by atoms with Gasteiger partial charge in [-0.15, -0.1) is 0 Å². The molecule has 0 radical (unpaired) electrons. The van der Waals surface area contributed by atoms with E-state index in [0.29, 0.717) is 18.0 Å². The maximum absolute atomic E-state index is 12.4. The number of rotatable bonds is 4. The second kappa shape index (κ2) is 8.31. The third-order valence-electron chi connectivity index (χ3n) is 6.34. The Morgan fingerprint density at radius 3 is 2.68 bits per heavy atom. The zero-order valence-electron chi connectivity index (χ0n) is 17.4. The van der Waals surface area contributed by atoms with Gasteiger partial charge in [-0.05, 0) is 67.9 Å². The SMILES string of the molecule is N#Cc1cc2c(nc1N1CCC(Cn3nc(-c4ccncc4)ccc3=O)CC1)CCC2. The van der Waals surface area contributed by atoms with Gasteiger partial charge in [0.25, 0.3) is 5.56 Å². The average molecular weight is 412 g/mol. The highest BCUT2D eigenvalue weighted by Crippen LogP contribution is 2.30. The number of hydrogen-bond acceptors (Lipinski definition) is 6. The third kappa shape index (κ3) is 3.93. The van der Waals surface area contributed by atoms with Crippen molar-refractivity contribution in [1.29, 1.82) is 5.26 Å². The Bertz CT molecular complexity index is 1190. The van der Waals surface area contributed by atoms with Crippen molar-refractivity contribution in [2.75, 3.05) is 18.0 Å². The van der Waals surface area contributed by atoms with Gasteiger partial charge in [-0.2, -0.15) is 10.4 Å². The van der Waals surface area contributed by atoms with Gasteiger partial charge < -0.3 is 4.90 Å². The fourth-order valence-corrected chi connectivity index (χ4v) is 4.61. The summed E-state index contributed by atoms with van der Waals surface area (Å²) in [6.45, 7) is 2.28. The molecule has 1 saturated heterocycles. The molecule has 156 valence electrons. The van der Waals surface area contributed by atoms with Gasteiger partial charge in [0.2, 0.25) is 0 Å². The van der Waals surface area contributed by atoms with Crippen LogP contribution in [0.1, 0.15) is 36.1 Å². The lowest BCUT2D eigenvalue weighted by molar-refractivity contribution is 0.335. The minimum atomic E-state index is -0.0766. The minimum absolute atomic E-state index is 0.0766. The minimum Gasteiger partial charge on any atom is -0.355 e. The average Bonchev–Trinajstić information content (AvgIpc) is 3.28. The molecule has 0 unspecified atom stereocenters. The molecule has 1 aliphatic heterocycles. The molecular weight excluding hydrogens is 388 g/mol. The molecule has 2 aliphatic rings. The van der Waals surface area contributed by atoms with Crippen molar-refractivity contribution in [1.82, 2.24) is 19.7 Å². The van der Waals surface area contributed by atoms with Crippen LogP contribution in [-0.2, 0) is 19.4 Å². The van der Waals surface area contributed by atoms with Gasteiger partial charge >= 0.3 is 0 Å². The van der Waals surface area contributed by atoms with Crippen molar-refractivity contribution in [3.63, 3.8) is 0 Å². The summed E-state index contributed by atoms with van der Waals surface area (Å²) >= 11 is 0. The van der Waals surface area contributed by atoms with Crippen LogP contribution in [0.25, 0.3) is 11.3 Å². The van der Waals surface area contributed by atoms with Crippen molar-refractivity contribution < 1.29 is 0 Å². The third-order valence-corrected chi connectivity index (χ3v) is 6.34. The first kappa shape index (κ1) is 19.4. The zero-order valence-corrected chi connectivity index (χ0v) is 17.4. The highest BCUT2D eigenvalue weighted by molar-refractivity contribution is 5.58. The molecule has 0 saturated carbocycles. The topological polar surface area (TPSA) is 87.7 Å². The summed E-state index contributed by atoms with van der Waals surface area (Å²) in [6, 6.07) is 11.5. The van der Waals surface area contributed by atoms with Gasteiger partial charge in [0, 0.05) is 49.4 Å². The Hall–Kier alpha value is -3.53. The van der Waals surface area contributed by atoms with E-state index in [4.69, 9.17) is 4.98 Å². The van der Waals surface area contributed by atoms with Crippen LogP contribution in [0.3, 0.4) is 0 Å². The highest BCUT2D eigenvalue weighted by Gasteiger charge is 2.25. The summed E-state index contributed by atoms with van der Waals surface area (Å²) in [6.07, 6.45) is 8.50. The van der Waals surface area contributed by atoms with Gasteiger partial charge in [0.1, 0.15) is 11.9 Å². The van der Waals surface area contributed by atoms with Crippen LogP contribution >= 0.6 is 0 Å². The number of nitrogens with zero attached hydrogens (tertiary/aromatic N) is 6. The van der Waals surface area contributed by atoms with Crippen LogP contribution in [0, 0.1) is 17.2 Å². The first-order valence-electron chi connectivity index (χ1n) is 10.9. The largest absolute Gasteiger partial charge is 0.355 e. The fraction of sp³-hybridized carbons (Fsp3) is 0.375. The Morgan fingerprint density at radius 2 is 1.90 bits per heavy atom. The molecule has 0 bridgehead atoms. The van der Waals surface area contributed by atoms with Crippen LogP contribution < -0.4 is 10.5 Å². The molecule has 31 heavy (non-hydrogen) atoms. The van der Waals surface area contributed by atoms with Crippen LogP contribution in [-0.4, -0.2) is 32.8 Å². The number of nitriles is 1. The number of hydrogen-bond donors (Lipinski definition) is 0. The zero-order chi connectivity index (χ0) is 21.2. The van der Waals surface area contributed by atoms with Crippen LogP contribution in [0.5, 0.6) is 0 Å². The normalized spacial score (nSPS) is 16.2. The molecule has 1 aliphatic carbocycles. The molecule has 0 atom stereocenters. The molecule has 0 aromatic carbocycles. The van der Waals surface area contributed by atoms with Crippen LogP contribution in [0.4, 0.5) is 5.82 Å². The van der Waals surface area contributed by atoms with Gasteiger partial charge in [0.05, 0.1) is 11.3 Å². The van der Waals surface area contributed by atoms with E-state index in [1.807, 2.05) is 18.2 Å². The molecule has 3 aromatic rings. The molecule has 3 aromatic heterocycles. The molecule has 0 amide bonds. The molecule has 7 nitrogen and oxygen atoms in total. The Morgan fingerprint density at radius 1 is 1.10 bits per heavy atom. The summed E-state index contributed by atoms with van der Waals surface area (Å²) in [4.78, 5) is 23.5. The van der Waals surface area contributed by atoms with Crippen molar-refractivity contribution in [2.45, 2.75) is 38.6 Å². The summed E-state index contributed by atoms with van der Waals surface area (Å²) in [5.41, 5.74) is 4.72. The molecule has 0 spiro atoms. The lowest BCUT2D eigenvalue weighted by atomic mass is 9.96. The van der Waals surface area contributed by atoms with E-state index in [9.17, 15) is 10.1 Å². The number of aryl methyl sites for hydroxylation is 2. The second-order valence-corrected chi connectivity index (χ2v) is 8.34. The Kier molecular flexibility index (Phi) is 5.21. The van der Waals surface area contributed by atoms with Gasteiger partial charge in [0.15, 0.2) is 0 Å². The quantitative estimate of drug-likeness (QED) is 0.655. The maximum Gasteiger partial charge on any atom is 0.266 e. The first-order chi connectivity index (χ1) is 15.2. The van der Waals surface area contributed by atoms with Gasteiger partial charge in [-0.3, -0.25) is 9.78 Å². The Balaban J connectivity index is 1.29. The summed E-state index contributed by atoms with van der Waals surface area (Å²) in [5, 5.41) is 14.2. The predicted octanol–water partition coefficient (Wildman–Crippen LogP) is 2.98. The number of anilines is 1. The van der Waals surface area contributed by atoms with E-state index in [0.717, 1.165) is 68.0 Å². The molecule has 4 heterocycles. The summed E-state index contributed by atoms with van der Waals surface area (Å²) < 4.78 is 1.59. The first-order valence-corrected chi connectivity index (χ1v) is 10.9. The maximum atomic E-state index is 12.4. The lowest BCUT2D eigenvalue weighted by Gasteiger charge is -2.33. The van der Waals surface area contributed by atoms with Gasteiger partial charge in [-0.25, -0.2) is 9.67 Å². The number of pyridine rings is 2. The van der Waals surface area contributed by atoms with Crippen molar-refractivity contribution in [2.24, 2.45) is 5.92 Å². The van der Waals surface area contributed by atoms with E-state index >= 15 is 0 Å². The van der Waals surface area contributed by atoms with Gasteiger partial charge in [-0.1, -0.05) is 0 Å². The number of aromatic nitrogens is 4. The smallest absolute Gasteiger partial charge is 0.266 e. The van der Waals surface area contributed by atoms with Crippen molar-refractivity contribution in [3.05, 3.63) is 69.9 Å². The fourth-order valence-electron chi connectivity index (χ4n) is 4.61. The van der Waals surface area contributed by atoms with E-state index in [1.165, 1.54) is 5.56 Å². The van der Waals surface area contributed by atoms with E-state index in [1.54, 1.807) is 29.2 Å². The summed E-state index contributed by atoms with van der Waals surface area (Å²) in [5.74, 6) is 1.20. The number of fused-ring (bicyclic) bond motifs is 1. The lowest BCUT2D eigenvalue weighted by Crippen LogP contribution is -2.37. The van der Waals surface area contributed by atoms with E-state index in [-0.39, 0.29) is 5.56 Å². The standard InChI is InChI=1S/C24H24N6O/c25-15-20-14-19-2-1-3-21(19)27-24(20)29-12-8-17(9-13-29)16-30-23(31)5-4-22(28-30)18-6-10-26-11-7-18/h4-7,10-11,14,17H,1-3,8-9,12-13,16H2. The van der Waals surface area contributed by atoms with Crippen molar-refractivity contribution in [3.8, 4) is 17.3 Å².